The third-order valence-corrected chi connectivity index (χ3v) is 2.91. The Hall–Kier alpha value is -2.69. The number of hydrazone groups is 1. The van der Waals surface area contributed by atoms with Gasteiger partial charge in [0.2, 0.25) is 0 Å². The van der Waals surface area contributed by atoms with Gasteiger partial charge in [-0.3, -0.25) is 9.78 Å². The minimum Gasteiger partial charge on any atom is -0.374 e. The van der Waals surface area contributed by atoms with E-state index in [0.29, 0.717) is 6.42 Å². The van der Waals surface area contributed by atoms with Crippen molar-refractivity contribution in [3.8, 4) is 0 Å². The van der Waals surface area contributed by atoms with Crippen molar-refractivity contribution < 1.29 is 4.79 Å². The van der Waals surface area contributed by atoms with Gasteiger partial charge in [-0.15, -0.1) is 0 Å². The molecule has 0 saturated heterocycles. The molecular weight excluding hydrogens is 264 g/mol. The lowest BCUT2D eigenvalue weighted by atomic mass is 10.2. The maximum atomic E-state index is 12.1. The molecule has 1 amide bonds. The van der Waals surface area contributed by atoms with Gasteiger partial charge < -0.3 is 5.32 Å². The summed E-state index contributed by atoms with van der Waals surface area (Å²) in [5.74, 6) is -0.165. The number of aromatic nitrogens is 1. The zero-order valence-electron chi connectivity index (χ0n) is 11.9. The Balaban J connectivity index is 1.90. The molecule has 1 unspecified atom stereocenters. The van der Waals surface area contributed by atoms with E-state index in [0.717, 1.165) is 11.3 Å². The van der Waals surface area contributed by atoms with Gasteiger partial charge >= 0.3 is 0 Å². The summed E-state index contributed by atoms with van der Waals surface area (Å²) in [6, 6.07) is 13.0. The molecule has 0 aliphatic heterocycles. The molecule has 0 spiro atoms. The highest BCUT2D eigenvalue weighted by molar-refractivity contribution is 5.86. The number of rotatable bonds is 6. The van der Waals surface area contributed by atoms with Gasteiger partial charge in [0.15, 0.2) is 0 Å². The molecule has 0 saturated carbocycles. The predicted molar refractivity (Wildman–Crippen MR) is 84.1 cm³/mol. The minimum atomic E-state index is -0.321. The van der Waals surface area contributed by atoms with Crippen LogP contribution < -0.4 is 10.7 Å². The lowest BCUT2D eigenvalue weighted by Gasteiger charge is -2.16. The van der Waals surface area contributed by atoms with E-state index in [-0.39, 0.29) is 11.9 Å². The Kier molecular flexibility index (Phi) is 5.46. The van der Waals surface area contributed by atoms with Crippen LogP contribution in [0.2, 0.25) is 0 Å². The van der Waals surface area contributed by atoms with Crippen LogP contribution >= 0.6 is 0 Å². The van der Waals surface area contributed by atoms with Crippen LogP contribution in [0.25, 0.3) is 0 Å². The number of para-hydroxylation sites is 1. The number of benzene rings is 1. The predicted octanol–water partition coefficient (Wildman–Crippen LogP) is 2.42. The molecule has 0 radical (unpaired) electrons. The highest BCUT2D eigenvalue weighted by Crippen LogP contribution is 2.08. The zero-order valence-corrected chi connectivity index (χ0v) is 11.9. The summed E-state index contributed by atoms with van der Waals surface area (Å²) in [7, 11) is 0. The molecule has 21 heavy (non-hydrogen) atoms. The first-order valence-electron chi connectivity index (χ1n) is 6.84. The molecule has 5 nitrogen and oxygen atoms in total. The van der Waals surface area contributed by atoms with Gasteiger partial charge in [-0.05, 0) is 24.6 Å². The minimum absolute atomic E-state index is 0.165. The van der Waals surface area contributed by atoms with Crippen LogP contribution in [-0.2, 0) is 4.79 Å². The summed E-state index contributed by atoms with van der Waals surface area (Å²) in [5.41, 5.74) is 4.29. The number of carbonyl (C=O) groups is 1. The van der Waals surface area contributed by atoms with E-state index >= 15 is 0 Å². The second-order valence-electron chi connectivity index (χ2n) is 4.49. The van der Waals surface area contributed by atoms with Crippen LogP contribution in [0.5, 0.6) is 0 Å². The summed E-state index contributed by atoms with van der Waals surface area (Å²) in [4.78, 5) is 16.0. The normalized spacial score (nSPS) is 12.0. The third-order valence-electron chi connectivity index (χ3n) is 2.91. The van der Waals surface area contributed by atoms with Crippen LogP contribution in [0.3, 0.4) is 0 Å². The van der Waals surface area contributed by atoms with Crippen LogP contribution in [0.4, 0.5) is 5.69 Å². The maximum absolute atomic E-state index is 12.1. The number of amides is 1. The van der Waals surface area contributed by atoms with Crippen LogP contribution in [-0.4, -0.2) is 23.1 Å². The average Bonchev–Trinajstić information content (AvgIpc) is 2.54. The maximum Gasteiger partial charge on any atom is 0.262 e. The second kappa shape index (κ2) is 7.79. The van der Waals surface area contributed by atoms with Gasteiger partial charge in [0.1, 0.15) is 6.04 Å². The third kappa shape index (κ3) is 4.72. The van der Waals surface area contributed by atoms with Gasteiger partial charge in [-0.2, -0.15) is 5.10 Å². The van der Waals surface area contributed by atoms with Gasteiger partial charge in [0.25, 0.3) is 5.91 Å². The van der Waals surface area contributed by atoms with Crippen molar-refractivity contribution in [3.05, 3.63) is 60.4 Å². The molecule has 0 bridgehead atoms. The molecule has 5 heteroatoms. The summed E-state index contributed by atoms with van der Waals surface area (Å²) in [5, 5.41) is 7.13. The van der Waals surface area contributed by atoms with Crippen LogP contribution in [0.1, 0.15) is 18.9 Å². The van der Waals surface area contributed by atoms with E-state index in [1.807, 2.05) is 49.4 Å². The lowest BCUT2D eigenvalue weighted by Crippen LogP contribution is -2.36. The fourth-order valence-corrected chi connectivity index (χ4v) is 1.79. The summed E-state index contributed by atoms with van der Waals surface area (Å²) < 4.78 is 0. The molecule has 0 aliphatic rings. The number of carbonyl (C=O) groups excluding carboxylic acids is 1. The van der Waals surface area contributed by atoms with Crippen LogP contribution in [0.15, 0.2) is 60.0 Å². The molecular formula is C16H18N4O. The molecule has 108 valence electrons. The molecule has 2 aromatic rings. The quantitative estimate of drug-likeness (QED) is 0.631. The number of anilines is 1. The summed E-state index contributed by atoms with van der Waals surface area (Å²) >= 11 is 0. The summed E-state index contributed by atoms with van der Waals surface area (Å²) in [6.45, 7) is 1.95. The number of nitrogens with one attached hydrogen (secondary N) is 2. The highest BCUT2D eigenvalue weighted by atomic mass is 16.2. The Labute approximate surface area is 124 Å². The van der Waals surface area contributed by atoms with Crippen LogP contribution in [0, 0.1) is 0 Å². The van der Waals surface area contributed by atoms with Gasteiger partial charge in [0.05, 0.1) is 6.21 Å². The Bertz CT molecular complexity index is 584. The van der Waals surface area contributed by atoms with E-state index in [9.17, 15) is 4.79 Å². The zero-order chi connectivity index (χ0) is 14.9. The van der Waals surface area contributed by atoms with E-state index in [4.69, 9.17) is 0 Å². The van der Waals surface area contributed by atoms with E-state index in [1.165, 1.54) is 0 Å². The Morgan fingerprint density at radius 3 is 2.76 bits per heavy atom. The van der Waals surface area contributed by atoms with Crippen molar-refractivity contribution in [2.45, 2.75) is 19.4 Å². The monoisotopic (exact) mass is 282 g/mol. The van der Waals surface area contributed by atoms with Crippen molar-refractivity contribution in [1.29, 1.82) is 0 Å². The fraction of sp³-hybridized carbons (Fsp3) is 0.188. The van der Waals surface area contributed by atoms with Gasteiger partial charge in [0, 0.05) is 23.6 Å². The highest BCUT2D eigenvalue weighted by Gasteiger charge is 2.15. The van der Waals surface area contributed by atoms with Crippen molar-refractivity contribution >= 4 is 17.8 Å². The van der Waals surface area contributed by atoms with E-state index in [2.05, 4.69) is 20.8 Å². The summed E-state index contributed by atoms with van der Waals surface area (Å²) in [6.07, 6.45) is 5.60. The van der Waals surface area contributed by atoms with E-state index in [1.54, 1.807) is 18.6 Å². The molecule has 2 N–H and O–H groups in total. The first-order valence-corrected chi connectivity index (χ1v) is 6.84. The molecule has 1 aromatic heterocycles. The molecule has 0 fully saturated rings. The molecule has 1 atom stereocenters. The standard InChI is InChI=1S/C16H18N4O/c1-2-15(19-14-8-4-3-5-9-14)16(21)20-18-12-13-7-6-10-17-11-13/h3-12,15,19H,2H2,1H3,(H,20,21). The van der Waals surface area contributed by atoms with Gasteiger partial charge in [-0.25, -0.2) is 5.43 Å². The molecule has 2 rings (SSSR count). The number of hydrogen-bond acceptors (Lipinski definition) is 4. The first kappa shape index (κ1) is 14.7. The van der Waals surface area contributed by atoms with Crippen molar-refractivity contribution in [3.63, 3.8) is 0 Å². The molecule has 1 aromatic carbocycles. The van der Waals surface area contributed by atoms with Gasteiger partial charge in [-0.1, -0.05) is 31.2 Å². The number of pyridine rings is 1. The van der Waals surface area contributed by atoms with Crippen molar-refractivity contribution in [2.75, 3.05) is 5.32 Å². The molecule has 1 heterocycles. The number of nitrogens with zero attached hydrogens (tertiary/aromatic N) is 2. The first-order chi connectivity index (χ1) is 10.3. The van der Waals surface area contributed by atoms with Crippen molar-refractivity contribution in [1.82, 2.24) is 10.4 Å². The fourth-order valence-electron chi connectivity index (χ4n) is 1.79. The smallest absolute Gasteiger partial charge is 0.262 e. The Morgan fingerprint density at radius 2 is 2.10 bits per heavy atom. The topological polar surface area (TPSA) is 66.4 Å². The SMILES string of the molecule is CCC(Nc1ccccc1)C(=O)NN=Cc1cccnc1. The van der Waals surface area contributed by atoms with Crippen molar-refractivity contribution in [2.24, 2.45) is 5.10 Å². The molecule has 0 aliphatic carbocycles. The average molecular weight is 282 g/mol. The number of hydrogen-bond donors (Lipinski definition) is 2. The Morgan fingerprint density at radius 1 is 1.29 bits per heavy atom. The lowest BCUT2D eigenvalue weighted by molar-refractivity contribution is -0.121. The largest absolute Gasteiger partial charge is 0.374 e. The van der Waals surface area contributed by atoms with E-state index < -0.39 is 0 Å². The second-order valence-corrected chi connectivity index (χ2v) is 4.49.